The molecule has 1 rings (SSSR count). The van der Waals surface area contributed by atoms with Crippen LogP contribution in [-0.2, 0) is 14.4 Å². The molecule has 0 aromatic rings. The van der Waals surface area contributed by atoms with Gasteiger partial charge in [0, 0.05) is 0 Å². The van der Waals surface area contributed by atoms with Crippen LogP contribution >= 0.6 is 12.4 Å². The molecule has 15 heavy (non-hydrogen) atoms. The first kappa shape index (κ1) is 14.1. The summed E-state index contributed by atoms with van der Waals surface area (Å²) in [5.41, 5.74) is 5.53. The zero-order valence-corrected chi connectivity index (χ0v) is 9.47. The average molecular weight is 235 g/mol. The second-order valence-corrected chi connectivity index (χ2v) is 3.54. The standard InChI is InChI=1S/C9H14N2O3.ClH/c1-3-5(10)7(12)6-4(2)8(13)11-9(6)14;/h4-6H,3,10H2,1-2H3,(H,11,13,14);1H/t4-,5-,6+;/m0./s1. The first-order chi connectivity index (χ1) is 6.49. The summed E-state index contributed by atoms with van der Waals surface area (Å²) in [7, 11) is 0. The molecule has 86 valence electrons. The number of amides is 2. The van der Waals surface area contributed by atoms with Gasteiger partial charge in [0.15, 0.2) is 5.78 Å². The largest absolute Gasteiger partial charge is 0.321 e. The predicted molar refractivity (Wildman–Crippen MR) is 56.3 cm³/mol. The Bertz CT molecular complexity index is 293. The number of Topliss-reactive ketones (excluding diaryl/α,β-unsaturated/α-hetero) is 1. The van der Waals surface area contributed by atoms with Gasteiger partial charge in [-0.2, -0.15) is 0 Å². The van der Waals surface area contributed by atoms with Crippen LogP contribution in [0.5, 0.6) is 0 Å². The van der Waals surface area contributed by atoms with Gasteiger partial charge in [-0.15, -0.1) is 12.4 Å². The van der Waals surface area contributed by atoms with Crippen molar-refractivity contribution < 1.29 is 14.4 Å². The third kappa shape index (κ3) is 2.54. The molecule has 0 saturated carbocycles. The van der Waals surface area contributed by atoms with Crippen LogP contribution in [0, 0.1) is 11.8 Å². The van der Waals surface area contributed by atoms with Crippen LogP contribution in [0.25, 0.3) is 0 Å². The van der Waals surface area contributed by atoms with E-state index in [1.165, 1.54) is 0 Å². The predicted octanol–water partition coefficient (Wildman–Crippen LogP) is -0.377. The monoisotopic (exact) mass is 234 g/mol. The number of carbonyl (C=O) groups is 3. The molecule has 2 amide bonds. The Morgan fingerprint density at radius 1 is 1.47 bits per heavy atom. The van der Waals surface area contributed by atoms with Crippen molar-refractivity contribution in [3.05, 3.63) is 0 Å². The molecule has 0 bridgehead atoms. The van der Waals surface area contributed by atoms with Crippen LogP contribution in [0.3, 0.4) is 0 Å². The molecule has 1 fully saturated rings. The third-order valence-electron chi connectivity index (χ3n) is 2.55. The topological polar surface area (TPSA) is 89.3 Å². The molecule has 1 saturated heterocycles. The molecule has 6 heteroatoms. The Hall–Kier alpha value is -0.940. The van der Waals surface area contributed by atoms with Crippen molar-refractivity contribution in [2.24, 2.45) is 17.6 Å². The Balaban J connectivity index is 0.00000196. The molecule has 1 heterocycles. The first-order valence-electron chi connectivity index (χ1n) is 4.63. The van der Waals surface area contributed by atoms with E-state index in [0.717, 1.165) is 0 Å². The Labute approximate surface area is 94.2 Å². The van der Waals surface area contributed by atoms with E-state index in [9.17, 15) is 14.4 Å². The number of rotatable bonds is 3. The van der Waals surface area contributed by atoms with Gasteiger partial charge in [-0.3, -0.25) is 19.7 Å². The zero-order chi connectivity index (χ0) is 10.9. The van der Waals surface area contributed by atoms with Crippen LogP contribution in [0.4, 0.5) is 0 Å². The molecule has 3 atom stereocenters. The lowest BCUT2D eigenvalue weighted by atomic mass is 9.88. The van der Waals surface area contributed by atoms with E-state index in [-0.39, 0.29) is 18.2 Å². The van der Waals surface area contributed by atoms with E-state index in [1.807, 2.05) is 0 Å². The molecule has 3 N–H and O–H groups in total. The van der Waals surface area contributed by atoms with Crippen molar-refractivity contribution in [2.45, 2.75) is 26.3 Å². The third-order valence-corrected chi connectivity index (χ3v) is 2.55. The number of hydrogen-bond donors (Lipinski definition) is 2. The van der Waals surface area contributed by atoms with Gasteiger partial charge in [0.1, 0.15) is 5.92 Å². The summed E-state index contributed by atoms with van der Waals surface area (Å²) >= 11 is 0. The molecule has 0 radical (unpaired) electrons. The number of nitrogens with two attached hydrogens (primary N) is 1. The molecule has 0 spiro atoms. The summed E-state index contributed by atoms with van der Waals surface area (Å²) in [6.45, 7) is 3.33. The van der Waals surface area contributed by atoms with Gasteiger partial charge in [0.25, 0.3) is 0 Å². The number of nitrogens with one attached hydrogen (secondary N) is 1. The van der Waals surface area contributed by atoms with Gasteiger partial charge in [-0.05, 0) is 6.42 Å². The quantitative estimate of drug-likeness (QED) is 0.515. The summed E-state index contributed by atoms with van der Waals surface area (Å²) in [6.07, 6.45) is 0.476. The maximum Gasteiger partial charge on any atom is 0.238 e. The van der Waals surface area contributed by atoms with E-state index >= 15 is 0 Å². The highest BCUT2D eigenvalue weighted by Crippen LogP contribution is 2.20. The normalized spacial score (nSPS) is 26.9. The molecule has 0 unspecified atom stereocenters. The fourth-order valence-corrected chi connectivity index (χ4v) is 1.50. The van der Waals surface area contributed by atoms with E-state index < -0.39 is 29.7 Å². The number of halogens is 1. The van der Waals surface area contributed by atoms with Crippen molar-refractivity contribution in [3.8, 4) is 0 Å². The summed E-state index contributed by atoms with van der Waals surface area (Å²) in [6, 6.07) is -0.654. The average Bonchev–Trinajstić information content (AvgIpc) is 2.39. The van der Waals surface area contributed by atoms with E-state index in [4.69, 9.17) is 5.73 Å². The maximum atomic E-state index is 11.6. The summed E-state index contributed by atoms with van der Waals surface area (Å²) in [5, 5.41) is 2.12. The van der Waals surface area contributed by atoms with Gasteiger partial charge in [-0.1, -0.05) is 13.8 Å². The van der Waals surface area contributed by atoms with Crippen molar-refractivity contribution in [2.75, 3.05) is 0 Å². The van der Waals surface area contributed by atoms with Crippen molar-refractivity contribution >= 4 is 30.0 Å². The van der Waals surface area contributed by atoms with Crippen LogP contribution in [-0.4, -0.2) is 23.6 Å². The number of imide groups is 1. The summed E-state index contributed by atoms with van der Waals surface area (Å²) in [4.78, 5) is 33.9. The number of ketones is 1. The minimum Gasteiger partial charge on any atom is -0.321 e. The molecule has 0 aromatic heterocycles. The van der Waals surface area contributed by atoms with Crippen molar-refractivity contribution in [1.82, 2.24) is 5.32 Å². The minimum atomic E-state index is -0.891. The Morgan fingerprint density at radius 2 is 2.00 bits per heavy atom. The highest BCUT2D eigenvalue weighted by atomic mass is 35.5. The molecule has 0 aromatic carbocycles. The molecule has 5 nitrogen and oxygen atoms in total. The Morgan fingerprint density at radius 3 is 2.33 bits per heavy atom. The lowest BCUT2D eigenvalue weighted by Crippen LogP contribution is -2.39. The highest BCUT2D eigenvalue weighted by Gasteiger charge is 2.44. The second-order valence-electron chi connectivity index (χ2n) is 3.54. The van der Waals surface area contributed by atoms with Crippen molar-refractivity contribution in [3.63, 3.8) is 0 Å². The summed E-state index contributed by atoms with van der Waals surface area (Å²) in [5.74, 6) is -2.73. The lowest BCUT2D eigenvalue weighted by molar-refractivity contribution is -0.133. The van der Waals surface area contributed by atoms with Gasteiger partial charge < -0.3 is 5.73 Å². The van der Waals surface area contributed by atoms with Crippen LogP contribution in [0.1, 0.15) is 20.3 Å². The molecule has 1 aliphatic heterocycles. The van der Waals surface area contributed by atoms with Gasteiger partial charge in [0.05, 0.1) is 12.0 Å². The lowest BCUT2D eigenvalue weighted by Gasteiger charge is -2.13. The second kappa shape index (κ2) is 5.23. The molecule has 1 aliphatic rings. The SMILES string of the molecule is CC[C@H](N)C(=O)[C@@H]1C(=O)NC(=O)[C@H]1C.Cl. The van der Waals surface area contributed by atoms with Crippen LogP contribution < -0.4 is 11.1 Å². The first-order valence-corrected chi connectivity index (χ1v) is 4.63. The number of carbonyl (C=O) groups excluding carboxylic acids is 3. The van der Waals surface area contributed by atoms with Gasteiger partial charge in [0.2, 0.25) is 11.8 Å². The van der Waals surface area contributed by atoms with E-state index in [0.29, 0.717) is 6.42 Å². The minimum absolute atomic E-state index is 0. The van der Waals surface area contributed by atoms with E-state index in [2.05, 4.69) is 5.32 Å². The zero-order valence-electron chi connectivity index (χ0n) is 8.65. The fourth-order valence-electron chi connectivity index (χ4n) is 1.50. The molecular weight excluding hydrogens is 220 g/mol. The molecular formula is C9H15ClN2O3. The van der Waals surface area contributed by atoms with Gasteiger partial charge in [-0.25, -0.2) is 0 Å². The van der Waals surface area contributed by atoms with Gasteiger partial charge >= 0.3 is 0 Å². The van der Waals surface area contributed by atoms with Crippen LogP contribution in [0.2, 0.25) is 0 Å². The Kier molecular flexibility index (Phi) is 4.90. The maximum absolute atomic E-state index is 11.6. The van der Waals surface area contributed by atoms with E-state index in [1.54, 1.807) is 13.8 Å². The van der Waals surface area contributed by atoms with Crippen molar-refractivity contribution in [1.29, 1.82) is 0 Å². The molecule has 0 aliphatic carbocycles. The smallest absolute Gasteiger partial charge is 0.238 e. The number of hydrogen-bond acceptors (Lipinski definition) is 4. The summed E-state index contributed by atoms with van der Waals surface area (Å²) < 4.78 is 0. The highest BCUT2D eigenvalue weighted by molar-refractivity contribution is 6.16. The van der Waals surface area contributed by atoms with Crippen LogP contribution in [0.15, 0.2) is 0 Å². The fraction of sp³-hybridized carbons (Fsp3) is 0.667.